The summed E-state index contributed by atoms with van der Waals surface area (Å²) in [6.45, 7) is 31.7. The molecule has 47 heavy (non-hydrogen) atoms. The second kappa shape index (κ2) is 24.3. The second-order valence-electron chi connectivity index (χ2n) is 12.0. The molecule has 8 bridgehead atoms. The minimum absolute atomic E-state index is 1.32. The number of hydrogen-bond acceptors (Lipinski definition) is 8. The lowest BCUT2D eigenvalue weighted by atomic mass is 10.2. The van der Waals surface area contributed by atoms with Gasteiger partial charge in [0, 0.05) is 157 Å². The van der Waals surface area contributed by atoms with Crippen LogP contribution >= 0.6 is 143 Å². The molecule has 12 heterocycles. The van der Waals surface area contributed by atoms with E-state index in [1.165, 1.54) is 157 Å². The molecule has 0 unspecified atom stereocenters. The van der Waals surface area contributed by atoms with Crippen molar-refractivity contribution in [2.75, 3.05) is 157 Å². The van der Waals surface area contributed by atoms with Gasteiger partial charge < -0.3 is 0 Å². The minimum atomic E-state index is -1.56. The topological polar surface area (TPSA) is 25.9 Å². The predicted octanol–water partition coefficient (Wildman–Crippen LogP) is 6.73. The van der Waals surface area contributed by atoms with Gasteiger partial charge in [-0.25, -0.2) is 13.2 Å². The number of rotatable bonds is 0. The molecule has 12 aliphatic rings. The van der Waals surface area contributed by atoms with Crippen molar-refractivity contribution in [3.63, 3.8) is 0 Å². The van der Waals surface area contributed by atoms with Crippen LogP contribution in [0.5, 0.6) is 0 Å². The van der Waals surface area contributed by atoms with Crippen LogP contribution in [0.4, 0.5) is 13.2 Å². The van der Waals surface area contributed by atoms with Crippen molar-refractivity contribution in [2.24, 2.45) is 0 Å². The van der Waals surface area contributed by atoms with Crippen molar-refractivity contribution in [3.05, 3.63) is 0 Å². The summed E-state index contributed by atoms with van der Waals surface area (Å²) in [6, 6.07) is 0. The summed E-state index contributed by atoms with van der Waals surface area (Å²) in [5, 5.41) is 0. The molecular weight excluding hydrogens is 1210 g/mol. The van der Waals surface area contributed by atoms with Crippen molar-refractivity contribution in [3.8, 4) is 0 Å². The maximum Gasteiger partial charge on any atom is 0.272 e. The Bertz CT molecular complexity index is 578. The van der Waals surface area contributed by atoms with Gasteiger partial charge in [-0.1, -0.05) is 0 Å². The zero-order valence-electron chi connectivity index (χ0n) is 26.6. The van der Waals surface area contributed by atoms with Crippen LogP contribution < -0.4 is 0 Å². The van der Waals surface area contributed by atoms with E-state index in [9.17, 15) is 13.2 Å². The Balaban J connectivity index is 0.000000193. The zero-order valence-corrected chi connectivity index (χ0v) is 40.9. The van der Waals surface area contributed by atoms with Crippen molar-refractivity contribution < 1.29 is 13.2 Å². The van der Waals surface area contributed by atoms with E-state index in [0.717, 1.165) is 0 Å². The van der Waals surface area contributed by atoms with E-state index in [1.807, 2.05) is 0 Å². The fraction of sp³-hybridized carbons (Fsp3) is 1.00. The summed E-state index contributed by atoms with van der Waals surface area (Å²) in [7, 11) is 0. The highest BCUT2D eigenvalue weighted by Crippen LogP contribution is 2.35. The lowest BCUT2D eigenvalue weighted by molar-refractivity contribution is 0.0647. The Labute approximate surface area is 356 Å². The third-order valence-electron chi connectivity index (χ3n) is 8.79. The third kappa shape index (κ3) is 27.9. The Hall–Kier alpha value is 3.79. The molecule has 0 aromatic carbocycles. The molecule has 0 N–H and O–H groups in total. The molecule has 280 valence electrons. The lowest BCUT2D eigenvalue weighted by Gasteiger charge is -2.41. The molecule has 0 radical (unpaired) electrons. The van der Waals surface area contributed by atoms with Gasteiger partial charge in [0.2, 0.25) is 0 Å². The number of fused-ring (bicyclic) bond motifs is 12. The second-order valence-corrected chi connectivity index (χ2v) is 31.4. The van der Waals surface area contributed by atoms with Crippen LogP contribution in [0.25, 0.3) is 0 Å². The smallest absolute Gasteiger partial charge is 0.272 e. The van der Waals surface area contributed by atoms with Gasteiger partial charge in [-0.15, -0.1) is 0 Å². The van der Waals surface area contributed by atoms with Crippen molar-refractivity contribution >= 4 is 143 Å². The quantitative estimate of drug-likeness (QED) is 0.247. The number of hydrogen-bond donors (Lipinski definition) is 0. The van der Waals surface area contributed by atoms with E-state index in [2.05, 4.69) is 183 Å². The summed E-state index contributed by atoms with van der Waals surface area (Å²) < 4.78 is 29.6. The van der Waals surface area contributed by atoms with Gasteiger partial charge in [0.25, 0.3) is 7.19 Å². The SMILES string of the molecule is C1CN2CCN1CC2.C1CN2CCN1CC2.C1CN2CCN1CC2.C1CN2CCN1CC2.FC(Br)(Br)Br.FC(Br)(Br)Br.FC(Br)(Br)Br. The molecule has 12 fully saturated rings. The van der Waals surface area contributed by atoms with Crippen molar-refractivity contribution in [1.82, 2.24) is 39.2 Å². The first-order valence-corrected chi connectivity index (χ1v) is 23.0. The third-order valence-corrected chi connectivity index (χ3v) is 8.79. The first-order chi connectivity index (χ1) is 21.8. The van der Waals surface area contributed by atoms with E-state index in [-0.39, 0.29) is 0 Å². The molecule has 0 spiro atoms. The largest absolute Gasteiger partial charge is 0.300 e. The fourth-order valence-corrected chi connectivity index (χ4v) is 6.08. The van der Waals surface area contributed by atoms with Gasteiger partial charge in [0.1, 0.15) is 0 Å². The summed E-state index contributed by atoms with van der Waals surface area (Å²) >= 11 is 22.9. The average Bonchev–Trinajstić information content (AvgIpc) is 3.04. The predicted molar refractivity (Wildman–Crippen MR) is 223 cm³/mol. The van der Waals surface area contributed by atoms with Crippen LogP contribution in [0.2, 0.25) is 0 Å². The molecule has 12 saturated heterocycles. The maximum absolute atomic E-state index is 11.4. The number of alkyl halides is 12. The molecule has 8 nitrogen and oxygen atoms in total. The van der Waals surface area contributed by atoms with Crippen molar-refractivity contribution in [2.45, 2.75) is 7.19 Å². The van der Waals surface area contributed by atoms with E-state index in [0.29, 0.717) is 0 Å². The summed E-state index contributed by atoms with van der Waals surface area (Å²) in [4.78, 5) is 20.3. The highest BCUT2D eigenvalue weighted by molar-refractivity contribution is 9.40. The monoisotopic (exact) mass is 1250 g/mol. The number of halogens is 12. The summed E-state index contributed by atoms with van der Waals surface area (Å²) in [5.74, 6) is 0. The van der Waals surface area contributed by atoms with Gasteiger partial charge in [-0.05, 0) is 143 Å². The van der Waals surface area contributed by atoms with Gasteiger partial charge >= 0.3 is 0 Å². The Morgan fingerprint density at radius 1 is 0.213 bits per heavy atom. The fourth-order valence-electron chi connectivity index (χ4n) is 6.08. The number of nitrogens with zero attached hydrogens (tertiary/aromatic N) is 8. The van der Waals surface area contributed by atoms with Gasteiger partial charge in [0.15, 0.2) is 0 Å². The summed E-state index contributed by atoms with van der Waals surface area (Å²) in [6.07, 6.45) is 0. The van der Waals surface area contributed by atoms with E-state index >= 15 is 0 Å². The van der Waals surface area contributed by atoms with Crippen LogP contribution in [0.1, 0.15) is 0 Å². The molecule has 0 saturated carbocycles. The standard InChI is InChI=1S/4C6H12N2.3CBr3F/c4*1-2-8-5-3-7(1)4-6-8;3*2-1(3,4)5/h4*1-6H2;;;. The summed E-state index contributed by atoms with van der Waals surface area (Å²) in [5.41, 5.74) is 0. The van der Waals surface area contributed by atoms with Crippen molar-refractivity contribution in [1.29, 1.82) is 0 Å². The Kier molecular flexibility index (Phi) is 24.3. The van der Waals surface area contributed by atoms with E-state index in [1.54, 1.807) is 0 Å². The first-order valence-electron chi connectivity index (χ1n) is 15.9. The Morgan fingerprint density at radius 2 is 0.255 bits per heavy atom. The molecule has 0 aromatic rings. The van der Waals surface area contributed by atoms with Crippen LogP contribution in [0.3, 0.4) is 0 Å². The molecule has 20 heteroatoms. The van der Waals surface area contributed by atoms with Crippen LogP contribution in [-0.2, 0) is 0 Å². The van der Waals surface area contributed by atoms with E-state index < -0.39 is 7.19 Å². The van der Waals surface area contributed by atoms with Gasteiger partial charge in [-0.3, -0.25) is 39.2 Å². The minimum Gasteiger partial charge on any atom is -0.300 e. The molecule has 0 aliphatic carbocycles. The maximum atomic E-state index is 11.4. The van der Waals surface area contributed by atoms with Crippen LogP contribution in [0.15, 0.2) is 0 Å². The zero-order chi connectivity index (χ0) is 35.1. The van der Waals surface area contributed by atoms with Crippen LogP contribution in [-0.4, -0.2) is 203 Å². The molecule has 0 aromatic heterocycles. The lowest BCUT2D eigenvalue weighted by Crippen LogP contribution is -2.55. The molecular formula is C27H48Br9F3N8. The van der Waals surface area contributed by atoms with E-state index in [4.69, 9.17) is 0 Å². The number of piperazine rings is 12. The van der Waals surface area contributed by atoms with Crippen LogP contribution in [0, 0.1) is 0 Å². The van der Waals surface area contributed by atoms with Gasteiger partial charge in [0.05, 0.1) is 0 Å². The normalized spacial score (nSPS) is 34.5. The molecule has 0 atom stereocenters. The average molecular weight is 1260 g/mol. The molecule has 0 amide bonds. The molecule has 12 aliphatic heterocycles. The highest BCUT2D eigenvalue weighted by Gasteiger charge is 2.24. The van der Waals surface area contributed by atoms with Gasteiger partial charge in [-0.2, -0.15) is 0 Å². The molecule has 12 rings (SSSR count). The first kappa shape index (κ1) is 46.9. The highest BCUT2D eigenvalue weighted by atomic mass is 80.0. The Morgan fingerprint density at radius 3 is 0.277 bits per heavy atom.